The molecule has 0 unspecified atom stereocenters. The van der Waals surface area contributed by atoms with E-state index in [2.05, 4.69) is 31.4 Å². The first kappa shape index (κ1) is 24.1. The molecule has 3 rings (SSSR count). The topological polar surface area (TPSA) is 116 Å². The second-order valence-corrected chi connectivity index (χ2v) is 7.72. The highest BCUT2D eigenvalue weighted by Crippen LogP contribution is 2.34. The molecular weight excluding hydrogens is 516 g/mol. The van der Waals surface area contributed by atoms with Crippen molar-refractivity contribution < 1.29 is 19.2 Å². The van der Waals surface area contributed by atoms with Crippen molar-refractivity contribution in [3.8, 4) is 11.5 Å². The third-order valence-corrected chi connectivity index (χ3v) is 5.24. The van der Waals surface area contributed by atoms with E-state index in [1.807, 2.05) is 6.92 Å². The summed E-state index contributed by atoms with van der Waals surface area (Å²) in [5.41, 5.74) is 3.86. The van der Waals surface area contributed by atoms with Gasteiger partial charge in [-0.15, -0.1) is 0 Å². The van der Waals surface area contributed by atoms with Gasteiger partial charge in [0.2, 0.25) is 0 Å². The first-order chi connectivity index (χ1) is 15.9. The summed E-state index contributed by atoms with van der Waals surface area (Å²) in [6.07, 6.45) is 2.93. The molecule has 0 bridgehead atoms. The third kappa shape index (κ3) is 6.50. The van der Waals surface area contributed by atoms with Gasteiger partial charge >= 0.3 is 0 Å². The van der Waals surface area contributed by atoms with Crippen molar-refractivity contribution in [2.24, 2.45) is 5.10 Å². The number of ether oxygens (including phenoxy) is 2. The van der Waals surface area contributed by atoms with Gasteiger partial charge in [-0.1, -0.05) is 23.7 Å². The molecule has 1 aromatic heterocycles. The maximum Gasteiger partial charge on any atom is 0.274 e. The molecule has 170 valence electrons. The van der Waals surface area contributed by atoms with Crippen LogP contribution in [-0.4, -0.2) is 28.6 Å². The molecule has 0 aliphatic carbocycles. The number of hydrazone groups is 1. The Morgan fingerprint density at radius 3 is 2.76 bits per heavy atom. The molecule has 0 aliphatic heterocycles. The van der Waals surface area contributed by atoms with Crippen LogP contribution < -0.4 is 14.9 Å². The van der Waals surface area contributed by atoms with Gasteiger partial charge in [0, 0.05) is 28.4 Å². The summed E-state index contributed by atoms with van der Waals surface area (Å²) in [7, 11) is 0. The number of hydrogen-bond acceptors (Lipinski definition) is 7. The average molecular weight is 534 g/mol. The molecular formula is C22H18BrClN4O5. The number of benzene rings is 2. The Morgan fingerprint density at radius 2 is 2.03 bits per heavy atom. The smallest absolute Gasteiger partial charge is 0.274 e. The van der Waals surface area contributed by atoms with Crippen LogP contribution in [0.1, 0.15) is 28.4 Å². The number of carbonyl (C=O) groups is 1. The van der Waals surface area contributed by atoms with Crippen LogP contribution in [0.15, 0.2) is 64.3 Å². The number of halogens is 2. The SMILES string of the molecule is CCOc1cc(C=NNC(=O)c2cccnc2Cl)c(Br)cc1OCc1cccc([N+](=O)[O-])c1. The van der Waals surface area contributed by atoms with E-state index in [-0.39, 0.29) is 23.0 Å². The Hall–Kier alpha value is -3.50. The fraction of sp³-hybridized carbons (Fsp3) is 0.136. The summed E-state index contributed by atoms with van der Waals surface area (Å²) in [5, 5.41) is 15.0. The van der Waals surface area contributed by atoms with E-state index in [1.54, 1.807) is 30.3 Å². The lowest BCUT2D eigenvalue weighted by atomic mass is 10.2. The third-order valence-electron chi connectivity index (χ3n) is 4.25. The van der Waals surface area contributed by atoms with Crippen LogP contribution in [0, 0.1) is 10.1 Å². The second kappa shape index (κ2) is 11.4. The summed E-state index contributed by atoms with van der Waals surface area (Å²) in [6.45, 7) is 2.34. The van der Waals surface area contributed by atoms with Gasteiger partial charge in [0.05, 0.1) is 23.3 Å². The van der Waals surface area contributed by atoms with Crippen LogP contribution in [0.5, 0.6) is 11.5 Å². The quantitative estimate of drug-likeness (QED) is 0.176. The molecule has 0 saturated heterocycles. The number of nitro groups is 1. The number of nitro benzene ring substituents is 1. The van der Waals surface area contributed by atoms with Crippen molar-refractivity contribution in [2.75, 3.05) is 6.61 Å². The van der Waals surface area contributed by atoms with E-state index in [0.29, 0.717) is 33.7 Å². The van der Waals surface area contributed by atoms with E-state index < -0.39 is 10.8 Å². The normalized spacial score (nSPS) is 10.8. The fourth-order valence-corrected chi connectivity index (χ4v) is 3.36. The number of carbonyl (C=O) groups excluding carboxylic acids is 1. The van der Waals surface area contributed by atoms with Gasteiger partial charge in [-0.3, -0.25) is 14.9 Å². The monoisotopic (exact) mass is 532 g/mol. The standard InChI is InChI=1S/C22H18BrClN4O5/c1-2-32-19-10-15(12-26-27-22(29)17-7-4-8-25-21(17)24)18(23)11-20(19)33-13-14-5-3-6-16(9-14)28(30)31/h3-12H,2,13H2,1H3,(H,27,29). The summed E-state index contributed by atoms with van der Waals surface area (Å²) in [4.78, 5) is 26.6. The molecule has 0 atom stereocenters. The van der Waals surface area contributed by atoms with Crippen molar-refractivity contribution in [3.63, 3.8) is 0 Å². The number of pyridine rings is 1. The minimum atomic E-state index is -0.498. The molecule has 0 saturated carbocycles. The lowest BCUT2D eigenvalue weighted by Gasteiger charge is -2.14. The van der Waals surface area contributed by atoms with Crippen LogP contribution in [0.25, 0.3) is 0 Å². The maximum atomic E-state index is 12.2. The van der Waals surface area contributed by atoms with E-state index in [9.17, 15) is 14.9 Å². The number of nitrogens with one attached hydrogen (secondary N) is 1. The fourth-order valence-electron chi connectivity index (χ4n) is 2.73. The Kier molecular flexibility index (Phi) is 8.34. The van der Waals surface area contributed by atoms with Gasteiger partial charge in [-0.05, 0) is 52.7 Å². The molecule has 2 aromatic carbocycles. The van der Waals surface area contributed by atoms with E-state index in [4.69, 9.17) is 21.1 Å². The predicted molar refractivity (Wildman–Crippen MR) is 127 cm³/mol. The second-order valence-electron chi connectivity index (χ2n) is 6.51. The lowest BCUT2D eigenvalue weighted by molar-refractivity contribution is -0.384. The summed E-state index contributed by atoms with van der Waals surface area (Å²) in [6, 6.07) is 12.7. The average Bonchev–Trinajstić information content (AvgIpc) is 2.80. The Balaban J connectivity index is 1.74. The van der Waals surface area contributed by atoms with Gasteiger partial charge in [0.1, 0.15) is 11.8 Å². The first-order valence-electron chi connectivity index (χ1n) is 9.65. The highest BCUT2D eigenvalue weighted by atomic mass is 79.9. The zero-order valence-electron chi connectivity index (χ0n) is 17.3. The van der Waals surface area contributed by atoms with Gasteiger partial charge in [0.15, 0.2) is 11.5 Å². The highest BCUT2D eigenvalue weighted by Gasteiger charge is 2.13. The number of amides is 1. The van der Waals surface area contributed by atoms with Gasteiger partial charge in [0.25, 0.3) is 11.6 Å². The number of hydrogen-bond donors (Lipinski definition) is 1. The first-order valence-corrected chi connectivity index (χ1v) is 10.8. The van der Waals surface area contributed by atoms with E-state index >= 15 is 0 Å². The van der Waals surface area contributed by atoms with Gasteiger partial charge in [-0.2, -0.15) is 5.10 Å². The van der Waals surface area contributed by atoms with Crippen molar-refractivity contribution in [3.05, 3.63) is 91.2 Å². The molecule has 1 heterocycles. The minimum Gasteiger partial charge on any atom is -0.490 e. The number of nitrogens with zero attached hydrogens (tertiary/aromatic N) is 3. The Bertz CT molecular complexity index is 1210. The predicted octanol–water partition coefficient (Wildman–Crippen LogP) is 5.15. The van der Waals surface area contributed by atoms with Crippen LogP contribution >= 0.6 is 27.5 Å². The minimum absolute atomic E-state index is 0.0107. The molecule has 0 fully saturated rings. The zero-order chi connectivity index (χ0) is 23.8. The molecule has 3 aromatic rings. The summed E-state index contributed by atoms with van der Waals surface area (Å²) in [5.74, 6) is 0.398. The maximum absolute atomic E-state index is 12.2. The van der Waals surface area contributed by atoms with Crippen molar-refractivity contribution in [1.29, 1.82) is 0 Å². The molecule has 1 N–H and O–H groups in total. The van der Waals surface area contributed by atoms with Crippen LogP contribution in [0.2, 0.25) is 5.15 Å². The van der Waals surface area contributed by atoms with Crippen LogP contribution in [-0.2, 0) is 6.61 Å². The van der Waals surface area contributed by atoms with Crippen molar-refractivity contribution in [1.82, 2.24) is 10.4 Å². The lowest BCUT2D eigenvalue weighted by Crippen LogP contribution is -2.18. The van der Waals surface area contributed by atoms with Crippen molar-refractivity contribution >= 4 is 45.3 Å². The number of rotatable bonds is 9. The van der Waals surface area contributed by atoms with E-state index in [0.717, 1.165) is 0 Å². The Labute approximate surface area is 202 Å². The van der Waals surface area contributed by atoms with Gasteiger partial charge < -0.3 is 9.47 Å². The number of aromatic nitrogens is 1. The van der Waals surface area contributed by atoms with Crippen LogP contribution in [0.3, 0.4) is 0 Å². The van der Waals surface area contributed by atoms with Gasteiger partial charge in [-0.25, -0.2) is 10.4 Å². The zero-order valence-corrected chi connectivity index (χ0v) is 19.7. The molecule has 0 aliphatic rings. The molecule has 11 heteroatoms. The van der Waals surface area contributed by atoms with Crippen LogP contribution in [0.4, 0.5) is 5.69 Å². The summed E-state index contributed by atoms with van der Waals surface area (Å²) >= 11 is 9.37. The highest BCUT2D eigenvalue weighted by molar-refractivity contribution is 9.10. The molecule has 1 amide bonds. The Morgan fingerprint density at radius 1 is 1.24 bits per heavy atom. The largest absolute Gasteiger partial charge is 0.490 e. The van der Waals surface area contributed by atoms with Crippen molar-refractivity contribution in [2.45, 2.75) is 13.5 Å². The molecule has 0 radical (unpaired) electrons. The molecule has 9 nitrogen and oxygen atoms in total. The summed E-state index contributed by atoms with van der Waals surface area (Å²) < 4.78 is 12.1. The molecule has 0 spiro atoms. The van der Waals surface area contributed by atoms with E-state index in [1.165, 1.54) is 30.6 Å². The molecule has 33 heavy (non-hydrogen) atoms. The number of non-ortho nitro benzene ring substituents is 1.